The van der Waals surface area contributed by atoms with E-state index in [0.29, 0.717) is 0 Å². The monoisotopic (exact) mass is 559 g/mol. The van der Waals surface area contributed by atoms with E-state index in [1.54, 1.807) is 0 Å². The zero-order chi connectivity index (χ0) is 26.2. The molecule has 0 aliphatic carbocycles. The number of nitrogens with zero attached hydrogens (tertiary/aromatic N) is 4. The van der Waals surface area contributed by atoms with Gasteiger partial charge in [-0.2, -0.15) is 13.6 Å². The van der Waals surface area contributed by atoms with Gasteiger partial charge in [0.1, 0.15) is 5.52 Å². The number of aliphatic hydroxyl groups excluding tert-OH is 1. The molecule has 0 amide bonds. The zero-order valence-corrected chi connectivity index (χ0v) is 20.2. The number of ether oxygens (including phenoxy) is 1. The summed E-state index contributed by atoms with van der Waals surface area (Å²) in [4.78, 5) is 48.1. The van der Waals surface area contributed by atoms with Gasteiger partial charge in [-0.1, -0.05) is 5.92 Å². The van der Waals surface area contributed by atoms with Crippen LogP contribution in [0.5, 0.6) is 0 Å². The number of nitrogen functional groups attached to an aromatic ring is 1. The SMILES string of the molecule is CC#CC1(O)C(CO)[C@@H](COP(=O)(O)OP(=O)(O)OP(=O)(O)O)O[C@H]1n1cnc2cnc(N)nc21. The third kappa shape index (κ3) is 6.31. The molecule has 1 saturated heterocycles. The summed E-state index contributed by atoms with van der Waals surface area (Å²) < 4.78 is 53.2. The van der Waals surface area contributed by atoms with Gasteiger partial charge in [-0.3, -0.25) is 9.09 Å². The molecule has 1 fully saturated rings. The van der Waals surface area contributed by atoms with E-state index in [4.69, 9.17) is 20.3 Å². The van der Waals surface area contributed by atoms with Crippen molar-refractivity contribution in [2.45, 2.75) is 24.9 Å². The molecule has 4 unspecified atom stereocenters. The third-order valence-electron chi connectivity index (χ3n) is 4.62. The van der Waals surface area contributed by atoms with Gasteiger partial charge in [-0.15, -0.1) is 5.92 Å². The topological polar surface area (TPSA) is 279 Å². The number of aromatic nitrogens is 4. The van der Waals surface area contributed by atoms with Gasteiger partial charge in [0.25, 0.3) is 0 Å². The molecule has 1 aliphatic heterocycles. The van der Waals surface area contributed by atoms with E-state index in [-0.39, 0.29) is 17.1 Å². The number of imidazole rings is 1. The number of fused-ring (bicyclic) bond motifs is 1. The lowest BCUT2D eigenvalue weighted by Gasteiger charge is -2.28. The number of phosphoric acid groups is 3. The highest BCUT2D eigenvalue weighted by atomic mass is 31.3. The molecule has 18 nitrogen and oxygen atoms in total. The highest BCUT2D eigenvalue weighted by Crippen LogP contribution is 2.66. The first-order valence-corrected chi connectivity index (χ1v) is 13.8. The second-order valence-electron chi connectivity index (χ2n) is 6.99. The van der Waals surface area contributed by atoms with Crippen molar-refractivity contribution in [3.63, 3.8) is 0 Å². The Morgan fingerprint density at radius 3 is 2.49 bits per heavy atom. The van der Waals surface area contributed by atoms with E-state index in [1.807, 2.05) is 0 Å². The highest BCUT2D eigenvalue weighted by Gasteiger charge is 2.57. The van der Waals surface area contributed by atoms with E-state index in [0.717, 1.165) is 0 Å². The summed E-state index contributed by atoms with van der Waals surface area (Å²) in [5, 5.41) is 21.3. The molecule has 8 N–H and O–H groups in total. The molecular weight excluding hydrogens is 539 g/mol. The van der Waals surface area contributed by atoms with Crippen molar-refractivity contribution in [3.05, 3.63) is 12.5 Å². The predicted octanol–water partition coefficient (Wildman–Crippen LogP) is -0.988. The molecule has 0 bridgehead atoms. The summed E-state index contributed by atoms with van der Waals surface area (Å²) in [6, 6.07) is 0. The van der Waals surface area contributed by atoms with Crippen LogP contribution < -0.4 is 5.73 Å². The lowest BCUT2D eigenvalue weighted by molar-refractivity contribution is -0.0702. The van der Waals surface area contributed by atoms with Crippen LogP contribution in [-0.4, -0.2) is 74.2 Å². The third-order valence-corrected chi connectivity index (χ3v) is 8.42. The van der Waals surface area contributed by atoms with E-state index in [1.165, 1.54) is 24.0 Å². The Bertz CT molecular complexity index is 1300. The minimum absolute atomic E-state index is 0.120. The minimum Gasteiger partial charge on any atom is -0.396 e. The minimum atomic E-state index is -5.74. The molecule has 35 heavy (non-hydrogen) atoms. The van der Waals surface area contributed by atoms with Crippen LogP contribution in [0.15, 0.2) is 12.5 Å². The smallest absolute Gasteiger partial charge is 0.396 e. The summed E-state index contributed by atoms with van der Waals surface area (Å²) in [7, 11) is -16.8. The number of nitrogens with two attached hydrogens (primary N) is 1. The van der Waals surface area contributed by atoms with Crippen molar-refractivity contribution >= 4 is 40.6 Å². The van der Waals surface area contributed by atoms with Gasteiger partial charge in [-0.25, -0.2) is 23.7 Å². The van der Waals surface area contributed by atoms with E-state index >= 15 is 0 Å². The Morgan fingerprint density at radius 2 is 1.89 bits per heavy atom. The number of aliphatic hydroxyl groups is 2. The van der Waals surface area contributed by atoms with Crippen molar-refractivity contribution in [2.75, 3.05) is 18.9 Å². The van der Waals surface area contributed by atoms with Crippen molar-refractivity contribution in [2.24, 2.45) is 5.92 Å². The molecule has 2 aromatic rings. The van der Waals surface area contributed by atoms with Crippen molar-refractivity contribution < 1.29 is 61.4 Å². The normalized spacial score (nSPS) is 28.3. The Labute approximate surface area is 196 Å². The molecule has 21 heteroatoms. The summed E-state index contributed by atoms with van der Waals surface area (Å²) in [5.74, 6) is 3.62. The maximum absolute atomic E-state index is 12.1. The van der Waals surface area contributed by atoms with Gasteiger partial charge in [0.05, 0.1) is 37.8 Å². The van der Waals surface area contributed by atoms with Crippen LogP contribution in [0.2, 0.25) is 0 Å². The van der Waals surface area contributed by atoms with Crippen LogP contribution in [-0.2, 0) is 31.6 Å². The molecule has 0 spiro atoms. The van der Waals surface area contributed by atoms with Crippen molar-refractivity contribution in [1.29, 1.82) is 0 Å². The maximum atomic E-state index is 12.1. The highest BCUT2D eigenvalue weighted by molar-refractivity contribution is 7.66. The molecular formula is C14H20N5O13P3. The Morgan fingerprint density at radius 1 is 1.20 bits per heavy atom. The van der Waals surface area contributed by atoms with Gasteiger partial charge in [0.15, 0.2) is 17.5 Å². The number of phosphoric ester groups is 1. The quantitative estimate of drug-likeness (QED) is 0.143. The molecule has 0 radical (unpaired) electrons. The standard InChI is InChI=1S/C14H20N5O13P3/c1-2-3-14(21)8(5-20)10(6-29-34(25,26)32-35(27,28)31-33(22,23)24)30-12(14)19-7-17-9-4-16-13(15)18-11(9)19/h4,7-8,10,12,20-21H,5-6H2,1H3,(H,25,26)(H,27,28)(H2,15,16,18)(H2,22,23,24)/t8?,10-,12-,14?/m1/s1. The van der Waals surface area contributed by atoms with Gasteiger partial charge in [0.2, 0.25) is 5.95 Å². The second-order valence-corrected chi connectivity index (χ2v) is 11.4. The summed E-state index contributed by atoms with van der Waals surface area (Å²) in [5.41, 5.74) is 3.89. The Kier molecular flexibility index (Phi) is 7.88. The number of hydrogen-bond donors (Lipinski definition) is 7. The van der Waals surface area contributed by atoms with Crippen molar-refractivity contribution in [3.8, 4) is 11.8 Å². The van der Waals surface area contributed by atoms with Gasteiger partial charge < -0.3 is 40.3 Å². The average molecular weight is 559 g/mol. The Hall–Kier alpha value is -1.80. The van der Waals surface area contributed by atoms with Crippen LogP contribution in [0.4, 0.5) is 5.95 Å². The summed E-state index contributed by atoms with van der Waals surface area (Å²) in [6.07, 6.45) is -0.243. The average Bonchev–Trinajstić information content (AvgIpc) is 3.21. The molecule has 1 aliphatic rings. The molecule has 0 saturated carbocycles. The van der Waals surface area contributed by atoms with Crippen LogP contribution >= 0.6 is 23.5 Å². The predicted molar refractivity (Wildman–Crippen MR) is 112 cm³/mol. The van der Waals surface area contributed by atoms with Crippen LogP contribution in [0.1, 0.15) is 13.2 Å². The van der Waals surface area contributed by atoms with Crippen LogP contribution in [0.25, 0.3) is 11.2 Å². The summed E-state index contributed by atoms with van der Waals surface area (Å²) >= 11 is 0. The van der Waals surface area contributed by atoms with E-state index < -0.39 is 60.5 Å². The zero-order valence-electron chi connectivity index (χ0n) is 17.5. The molecule has 6 atom stereocenters. The first-order chi connectivity index (χ1) is 16.1. The lowest BCUT2D eigenvalue weighted by Crippen LogP contribution is -2.43. The fraction of sp³-hybridized carbons (Fsp3) is 0.500. The van der Waals surface area contributed by atoms with E-state index in [2.05, 4.69) is 39.9 Å². The first-order valence-electron chi connectivity index (χ1n) is 9.27. The van der Waals surface area contributed by atoms with E-state index in [9.17, 15) is 33.7 Å². The summed E-state index contributed by atoms with van der Waals surface area (Å²) in [6.45, 7) is -0.298. The number of anilines is 1. The van der Waals surface area contributed by atoms with Gasteiger partial charge >= 0.3 is 23.5 Å². The second kappa shape index (κ2) is 9.92. The largest absolute Gasteiger partial charge is 0.490 e. The van der Waals surface area contributed by atoms with Crippen LogP contribution in [0.3, 0.4) is 0 Å². The molecule has 0 aromatic carbocycles. The van der Waals surface area contributed by atoms with Crippen molar-refractivity contribution in [1.82, 2.24) is 19.5 Å². The maximum Gasteiger partial charge on any atom is 0.490 e. The fourth-order valence-electron chi connectivity index (χ4n) is 3.36. The fourth-order valence-corrected chi connectivity index (χ4v) is 6.39. The molecule has 3 rings (SSSR count). The lowest BCUT2D eigenvalue weighted by atomic mass is 9.85. The number of hydrogen-bond acceptors (Lipinski definition) is 13. The molecule has 194 valence electrons. The molecule has 3 heterocycles. The Balaban J connectivity index is 1.87. The molecule has 2 aromatic heterocycles. The number of rotatable bonds is 9. The van der Waals surface area contributed by atoms with Gasteiger partial charge in [0, 0.05) is 0 Å². The van der Waals surface area contributed by atoms with Crippen LogP contribution in [0, 0.1) is 17.8 Å². The first kappa shape index (κ1) is 27.8. The van der Waals surface area contributed by atoms with Gasteiger partial charge in [-0.05, 0) is 6.92 Å².